The van der Waals surface area contributed by atoms with Crippen LogP contribution in [0.5, 0.6) is 0 Å². The number of carbonyl (C=O) groups excluding carboxylic acids is 1. The number of nitrogens with zero attached hydrogens (tertiary/aromatic N) is 3. The van der Waals surface area contributed by atoms with Crippen LogP contribution in [0.3, 0.4) is 0 Å². The molecule has 1 aromatic heterocycles. The molecule has 158 valence electrons. The van der Waals surface area contributed by atoms with Crippen molar-refractivity contribution in [2.24, 2.45) is 5.41 Å². The average Bonchev–Trinajstić information content (AvgIpc) is 3.10. The van der Waals surface area contributed by atoms with Crippen LogP contribution < -0.4 is 5.32 Å². The Morgan fingerprint density at radius 3 is 2.37 bits per heavy atom. The smallest absolute Gasteiger partial charge is 0.221 e. The Morgan fingerprint density at radius 2 is 1.73 bits per heavy atom. The maximum Gasteiger partial charge on any atom is 0.221 e. The van der Waals surface area contributed by atoms with Crippen molar-refractivity contribution in [3.05, 3.63) is 71.5 Å². The first-order chi connectivity index (χ1) is 14.2. The molecule has 1 unspecified atom stereocenters. The van der Waals surface area contributed by atoms with Crippen molar-refractivity contribution in [3.8, 4) is 5.69 Å². The van der Waals surface area contributed by atoms with Gasteiger partial charge >= 0.3 is 0 Å². The summed E-state index contributed by atoms with van der Waals surface area (Å²) in [6.07, 6.45) is 0.464. The lowest BCUT2D eigenvalue weighted by atomic mass is 9.92. The fourth-order valence-electron chi connectivity index (χ4n) is 3.15. The molecule has 1 heterocycles. The molecule has 30 heavy (non-hydrogen) atoms. The Kier molecular flexibility index (Phi) is 6.98. The zero-order valence-corrected chi connectivity index (χ0v) is 19.2. The highest BCUT2D eigenvalue weighted by Gasteiger charge is 2.23. The fraction of sp³-hybridized carbons (Fsp3) is 0.375. The molecule has 3 rings (SSSR count). The fourth-order valence-corrected chi connectivity index (χ4v) is 4.07. The van der Waals surface area contributed by atoms with Gasteiger partial charge in [-0.15, -0.1) is 10.2 Å². The Bertz CT molecular complexity index is 975. The molecule has 0 spiro atoms. The number of amides is 1. The Hall–Kier alpha value is -2.60. The lowest BCUT2D eigenvalue weighted by Gasteiger charge is -2.20. The molecule has 1 N–H and O–H groups in total. The van der Waals surface area contributed by atoms with E-state index in [1.807, 2.05) is 25.1 Å². The Morgan fingerprint density at radius 1 is 1.07 bits per heavy atom. The van der Waals surface area contributed by atoms with Gasteiger partial charge in [0.1, 0.15) is 0 Å². The lowest BCUT2D eigenvalue weighted by Crippen LogP contribution is -2.31. The van der Waals surface area contributed by atoms with Gasteiger partial charge in [0.25, 0.3) is 0 Å². The number of aryl methyl sites for hydroxylation is 1. The summed E-state index contributed by atoms with van der Waals surface area (Å²) in [6.45, 7) is 10.2. The maximum absolute atomic E-state index is 12.5. The van der Waals surface area contributed by atoms with Gasteiger partial charge in [-0.25, -0.2) is 0 Å². The predicted octanol–water partition coefficient (Wildman–Crippen LogP) is 5.48. The summed E-state index contributed by atoms with van der Waals surface area (Å²) in [5, 5.41) is 12.8. The lowest BCUT2D eigenvalue weighted by molar-refractivity contribution is -0.123. The summed E-state index contributed by atoms with van der Waals surface area (Å²) in [6, 6.07) is 18.4. The number of benzene rings is 2. The normalized spacial score (nSPS) is 12.6. The molecule has 2 aromatic carbocycles. The molecule has 0 saturated carbocycles. The second kappa shape index (κ2) is 9.47. The number of hydrogen-bond donors (Lipinski definition) is 1. The zero-order valence-electron chi connectivity index (χ0n) is 18.3. The van der Waals surface area contributed by atoms with Crippen molar-refractivity contribution >= 4 is 17.7 Å². The van der Waals surface area contributed by atoms with Crippen molar-refractivity contribution in [2.45, 2.75) is 58.0 Å². The van der Waals surface area contributed by atoms with Crippen molar-refractivity contribution < 1.29 is 4.79 Å². The number of thioether (sulfide) groups is 1. The van der Waals surface area contributed by atoms with E-state index in [1.165, 1.54) is 11.1 Å². The third kappa shape index (κ3) is 5.95. The predicted molar refractivity (Wildman–Crippen MR) is 123 cm³/mol. The summed E-state index contributed by atoms with van der Waals surface area (Å²) in [4.78, 5) is 12.5. The number of nitrogens with one attached hydrogen (secondary N) is 1. The van der Waals surface area contributed by atoms with E-state index in [-0.39, 0.29) is 17.4 Å². The first kappa shape index (κ1) is 22.1. The molecule has 0 fully saturated rings. The monoisotopic (exact) mass is 422 g/mol. The van der Waals surface area contributed by atoms with E-state index in [9.17, 15) is 4.79 Å². The average molecular weight is 423 g/mol. The maximum atomic E-state index is 12.5. The van der Waals surface area contributed by atoms with Gasteiger partial charge in [0.05, 0.1) is 6.04 Å². The summed E-state index contributed by atoms with van der Waals surface area (Å²) < 4.78 is 2.05. The van der Waals surface area contributed by atoms with E-state index in [2.05, 4.69) is 84.2 Å². The quantitative estimate of drug-likeness (QED) is 0.512. The van der Waals surface area contributed by atoms with E-state index < -0.39 is 0 Å². The number of carbonyl (C=O) groups is 1. The van der Waals surface area contributed by atoms with Crippen LogP contribution in [0.1, 0.15) is 57.1 Å². The van der Waals surface area contributed by atoms with Crippen molar-refractivity contribution in [2.75, 3.05) is 0 Å². The second-order valence-corrected chi connectivity index (χ2v) is 9.76. The van der Waals surface area contributed by atoms with Crippen LogP contribution in [-0.2, 0) is 10.5 Å². The molecule has 0 saturated heterocycles. The van der Waals surface area contributed by atoms with Gasteiger partial charge in [0.15, 0.2) is 11.0 Å². The minimum Gasteiger partial charge on any atom is -0.346 e. The van der Waals surface area contributed by atoms with Gasteiger partial charge in [0.2, 0.25) is 5.91 Å². The summed E-state index contributed by atoms with van der Waals surface area (Å²) in [7, 11) is 0. The molecule has 1 amide bonds. The zero-order chi connectivity index (χ0) is 21.7. The highest BCUT2D eigenvalue weighted by molar-refractivity contribution is 7.98. The Balaban J connectivity index is 1.87. The van der Waals surface area contributed by atoms with Gasteiger partial charge in [-0.3, -0.25) is 9.36 Å². The molecule has 0 aliphatic carbocycles. The number of rotatable bonds is 7. The minimum atomic E-state index is -0.250. The SMILES string of the molecule is Cc1ccc(-n2c(SCc3ccccc3)nnc2C(C)NC(=O)CC(C)(C)C)cc1. The molecular weight excluding hydrogens is 392 g/mol. The molecule has 5 nitrogen and oxygen atoms in total. The largest absolute Gasteiger partial charge is 0.346 e. The molecule has 0 radical (unpaired) electrons. The van der Waals surface area contributed by atoms with Gasteiger partial charge in [0, 0.05) is 17.9 Å². The van der Waals surface area contributed by atoms with Crippen LogP contribution in [0.4, 0.5) is 0 Å². The van der Waals surface area contributed by atoms with Crippen molar-refractivity contribution in [3.63, 3.8) is 0 Å². The standard InChI is InChI=1S/C24H30N4OS/c1-17-11-13-20(14-12-17)28-22(18(2)25-21(29)15-24(3,4)5)26-27-23(28)30-16-19-9-7-6-8-10-19/h6-14,18H,15-16H2,1-5H3,(H,25,29). The molecule has 3 aromatic rings. The summed E-state index contributed by atoms with van der Waals surface area (Å²) >= 11 is 1.64. The molecule has 1 atom stereocenters. The first-order valence-corrected chi connectivity index (χ1v) is 11.2. The summed E-state index contributed by atoms with van der Waals surface area (Å²) in [5.41, 5.74) is 3.35. The van der Waals surface area contributed by atoms with Crippen LogP contribution in [-0.4, -0.2) is 20.7 Å². The van der Waals surface area contributed by atoms with E-state index in [1.54, 1.807) is 11.8 Å². The van der Waals surface area contributed by atoms with Gasteiger partial charge in [-0.1, -0.05) is 80.6 Å². The van der Waals surface area contributed by atoms with Crippen LogP contribution >= 0.6 is 11.8 Å². The van der Waals surface area contributed by atoms with E-state index >= 15 is 0 Å². The third-order valence-corrected chi connectivity index (χ3v) is 5.62. The summed E-state index contributed by atoms with van der Waals surface area (Å²) in [5.74, 6) is 1.55. The number of hydrogen-bond acceptors (Lipinski definition) is 4. The number of aromatic nitrogens is 3. The first-order valence-electron chi connectivity index (χ1n) is 10.2. The van der Waals surface area contributed by atoms with Crippen LogP contribution in [0.25, 0.3) is 5.69 Å². The molecular formula is C24H30N4OS. The van der Waals surface area contributed by atoms with E-state index in [0.29, 0.717) is 6.42 Å². The highest BCUT2D eigenvalue weighted by atomic mass is 32.2. The topological polar surface area (TPSA) is 59.8 Å². The second-order valence-electron chi connectivity index (χ2n) is 8.81. The van der Waals surface area contributed by atoms with Gasteiger partial charge < -0.3 is 5.32 Å². The van der Waals surface area contributed by atoms with Crippen molar-refractivity contribution in [1.82, 2.24) is 20.1 Å². The van der Waals surface area contributed by atoms with Crippen LogP contribution in [0.15, 0.2) is 59.8 Å². The van der Waals surface area contributed by atoms with Gasteiger partial charge in [-0.05, 0) is 37.0 Å². The molecule has 0 aliphatic rings. The van der Waals surface area contributed by atoms with E-state index in [4.69, 9.17) is 0 Å². The van der Waals surface area contributed by atoms with Gasteiger partial charge in [-0.2, -0.15) is 0 Å². The third-order valence-electron chi connectivity index (χ3n) is 4.62. The highest BCUT2D eigenvalue weighted by Crippen LogP contribution is 2.28. The molecule has 6 heteroatoms. The molecule has 0 aliphatic heterocycles. The van der Waals surface area contributed by atoms with Crippen LogP contribution in [0.2, 0.25) is 0 Å². The minimum absolute atomic E-state index is 0.0203. The Labute approximate surface area is 183 Å². The van der Waals surface area contributed by atoms with E-state index in [0.717, 1.165) is 22.4 Å². The van der Waals surface area contributed by atoms with Crippen LogP contribution in [0, 0.1) is 12.3 Å². The molecule has 0 bridgehead atoms. The van der Waals surface area contributed by atoms with Crippen molar-refractivity contribution in [1.29, 1.82) is 0 Å².